The van der Waals surface area contributed by atoms with Crippen molar-refractivity contribution in [2.75, 3.05) is 7.11 Å². The zero-order valence-corrected chi connectivity index (χ0v) is 13.7. The highest BCUT2D eigenvalue weighted by atomic mass is 32.1. The quantitative estimate of drug-likeness (QED) is 0.845. The third-order valence-electron chi connectivity index (χ3n) is 3.33. The molecule has 6 heteroatoms. The summed E-state index contributed by atoms with van der Waals surface area (Å²) in [6.07, 6.45) is 0. The Morgan fingerprint density at radius 2 is 1.91 bits per heavy atom. The third-order valence-corrected chi connectivity index (χ3v) is 3.58. The first kappa shape index (κ1) is 16.9. The Hall–Kier alpha value is -2.47. The van der Waals surface area contributed by atoms with Gasteiger partial charge in [0.1, 0.15) is 11.6 Å². The summed E-state index contributed by atoms with van der Waals surface area (Å²) in [6, 6.07) is 11.2. The van der Waals surface area contributed by atoms with Crippen LogP contribution in [-0.4, -0.2) is 18.1 Å². The smallest absolute Gasteiger partial charge is 0.257 e. The van der Waals surface area contributed by atoms with Crippen LogP contribution < -0.4 is 15.4 Å². The normalized spacial score (nSPS) is 10.0. The maximum Gasteiger partial charge on any atom is 0.257 e. The highest BCUT2D eigenvalue weighted by molar-refractivity contribution is 7.80. The van der Waals surface area contributed by atoms with Crippen molar-refractivity contribution >= 4 is 23.2 Å². The fourth-order valence-corrected chi connectivity index (χ4v) is 2.13. The van der Waals surface area contributed by atoms with Crippen molar-refractivity contribution in [1.82, 2.24) is 10.6 Å². The van der Waals surface area contributed by atoms with Crippen molar-refractivity contribution in [3.8, 4) is 5.75 Å². The Morgan fingerprint density at radius 1 is 1.22 bits per heavy atom. The molecule has 120 valence electrons. The van der Waals surface area contributed by atoms with Gasteiger partial charge in [-0.2, -0.15) is 0 Å². The molecule has 0 saturated carbocycles. The summed E-state index contributed by atoms with van der Waals surface area (Å²) in [4.78, 5) is 12.0. The van der Waals surface area contributed by atoms with E-state index in [0.29, 0.717) is 17.9 Å². The molecule has 0 aliphatic carbocycles. The molecule has 2 aromatic rings. The lowest BCUT2D eigenvalue weighted by Gasteiger charge is -2.11. The van der Waals surface area contributed by atoms with E-state index in [0.717, 1.165) is 11.1 Å². The molecule has 23 heavy (non-hydrogen) atoms. The summed E-state index contributed by atoms with van der Waals surface area (Å²) in [6.45, 7) is 2.22. The Balaban J connectivity index is 1.91. The predicted molar refractivity (Wildman–Crippen MR) is 91.0 cm³/mol. The summed E-state index contributed by atoms with van der Waals surface area (Å²) in [5.41, 5.74) is 2.20. The molecule has 0 unspecified atom stereocenters. The van der Waals surface area contributed by atoms with E-state index in [9.17, 15) is 9.18 Å². The van der Waals surface area contributed by atoms with Gasteiger partial charge in [-0.05, 0) is 66.7 Å². The van der Waals surface area contributed by atoms with E-state index in [1.807, 2.05) is 6.92 Å². The van der Waals surface area contributed by atoms with Crippen LogP contribution in [0.2, 0.25) is 0 Å². The number of methoxy groups -OCH3 is 1. The van der Waals surface area contributed by atoms with Crippen LogP contribution in [0.1, 0.15) is 21.5 Å². The summed E-state index contributed by atoms with van der Waals surface area (Å²) < 4.78 is 18.3. The largest absolute Gasteiger partial charge is 0.497 e. The van der Waals surface area contributed by atoms with Gasteiger partial charge in [0.15, 0.2) is 5.11 Å². The number of nitrogens with one attached hydrogen (secondary N) is 2. The van der Waals surface area contributed by atoms with Gasteiger partial charge in [-0.25, -0.2) is 4.39 Å². The molecule has 2 N–H and O–H groups in total. The molecule has 0 aliphatic rings. The molecular formula is C17H17FN2O2S. The third kappa shape index (κ3) is 4.75. The Labute approximate surface area is 139 Å². The molecule has 0 spiro atoms. The number of halogens is 1. The fraction of sp³-hybridized carbons (Fsp3) is 0.176. The number of rotatable bonds is 4. The molecule has 0 heterocycles. The van der Waals surface area contributed by atoms with Crippen molar-refractivity contribution in [1.29, 1.82) is 0 Å². The first-order valence-electron chi connectivity index (χ1n) is 6.98. The molecule has 0 atom stereocenters. The number of hydrogen-bond donors (Lipinski definition) is 2. The molecule has 0 saturated heterocycles. The van der Waals surface area contributed by atoms with Crippen molar-refractivity contribution in [2.24, 2.45) is 0 Å². The van der Waals surface area contributed by atoms with E-state index in [-0.39, 0.29) is 16.8 Å². The van der Waals surface area contributed by atoms with Gasteiger partial charge >= 0.3 is 0 Å². The number of hydrogen-bond acceptors (Lipinski definition) is 3. The van der Waals surface area contributed by atoms with Gasteiger partial charge in [0.25, 0.3) is 5.91 Å². The topological polar surface area (TPSA) is 50.4 Å². The number of carbonyl (C=O) groups excluding carboxylic acids is 1. The minimum absolute atomic E-state index is 0.189. The molecule has 2 rings (SSSR count). The highest BCUT2D eigenvalue weighted by Gasteiger charge is 2.08. The van der Waals surface area contributed by atoms with Crippen LogP contribution >= 0.6 is 12.2 Å². The van der Waals surface area contributed by atoms with Crippen LogP contribution in [0.4, 0.5) is 4.39 Å². The first-order chi connectivity index (χ1) is 11.0. The van der Waals surface area contributed by atoms with Crippen LogP contribution in [-0.2, 0) is 6.54 Å². The van der Waals surface area contributed by atoms with Crippen LogP contribution in [0.3, 0.4) is 0 Å². The predicted octanol–water partition coefficient (Wildman–Crippen LogP) is 2.95. The SMILES string of the molecule is COc1ccc(C(=O)NC(=S)NCc2cc(F)ccc2C)cc1. The van der Waals surface area contributed by atoms with Gasteiger partial charge in [-0.15, -0.1) is 0 Å². The van der Waals surface area contributed by atoms with Crippen LogP contribution in [0.25, 0.3) is 0 Å². The van der Waals surface area contributed by atoms with E-state index in [1.54, 1.807) is 37.4 Å². The van der Waals surface area contributed by atoms with Crippen molar-refractivity contribution in [2.45, 2.75) is 13.5 Å². The standard InChI is InChI=1S/C17H17FN2O2S/c1-11-3-6-14(18)9-13(11)10-19-17(23)20-16(21)12-4-7-15(22-2)8-5-12/h3-9H,10H2,1-2H3,(H2,19,20,21,23). The fourth-order valence-electron chi connectivity index (χ4n) is 1.97. The van der Waals surface area contributed by atoms with Crippen molar-refractivity contribution < 1.29 is 13.9 Å². The van der Waals surface area contributed by atoms with Gasteiger partial charge in [0.05, 0.1) is 7.11 Å². The Kier molecular flexibility index (Phi) is 5.65. The number of thiocarbonyl (C=S) groups is 1. The Morgan fingerprint density at radius 3 is 2.57 bits per heavy atom. The lowest BCUT2D eigenvalue weighted by Crippen LogP contribution is -2.38. The van der Waals surface area contributed by atoms with Crippen molar-refractivity contribution in [3.63, 3.8) is 0 Å². The number of benzene rings is 2. The number of ether oxygens (including phenoxy) is 1. The summed E-state index contributed by atoms with van der Waals surface area (Å²) in [5, 5.41) is 5.67. The molecule has 0 radical (unpaired) electrons. The van der Waals surface area contributed by atoms with Gasteiger partial charge in [0, 0.05) is 12.1 Å². The van der Waals surface area contributed by atoms with Gasteiger partial charge in [-0.3, -0.25) is 10.1 Å². The molecular weight excluding hydrogens is 315 g/mol. The second kappa shape index (κ2) is 7.69. The zero-order chi connectivity index (χ0) is 16.8. The zero-order valence-electron chi connectivity index (χ0n) is 12.9. The van der Waals surface area contributed by atoms with E-state index in [4.69, 9.17) is 17.0 Å². The number of aryl methyl sites for hydroxylation is 1. The molecule has 0 bridgehead atoms. The number of amides is 1. The molecule has 0 aliphatic heterocycles. The second-order valence-corrected chi connectivity index (χ2v) is 5.34. The molecule has 4 nitrogen and oxygen atoms in total. The van der Waals surface area contributed by atoms with Crippen molar-refractivity contribution in [3.05, 3.63) is 65.0 Å². The minimum atomic E-state index is -0.318. The summed E-state index contributed by atoms with van der Waals surface area (Å²) in [5.74, 6) is 0.0468. The Bertz CT molecular complexity index is 717. The molecule has 1 amide bonds. The van der Waals surface area contributed by atoms with Gasteiger partial charge in [0.2, 0.25) is 0 Å². The maximum absolute atomic E-state index is 13.2. The van der Waals surface area contributed by atoms with E-state index >= 15 is 0 Å². The summed E-state index contributed by atoms with van der Waals surface area (Å²) >= 11 is 5.09. The van der Waals surface area contributed by atoms with E-state index in [1.165, 1.54) is 12.1 Å². The second-order valence-electron chi connectivity index (χ2n) is 4.94. The molecule has 0 aromatic heterocycles. The van der Waals surface area contributed by atoms with Crippen LogP contribution in [0, 0.1) is 12.7 Å². The van der Waals surface area contributed by atoms with Gasteiger partial charge in [-0.1, -0.05) is 6.07 Å². The lowest BCUT2D eigenvalue weighted by molar-refractivity contribution is 0.0976. The van der Waals surface area contributed by atoms with E-state index in [2.05, 4.69) is 10.6 Å². The van der Waals surface area contributed by atoms with E-state index < -0.39 is 0 Å². The molecule has 0 fully saturated rings. The van der Waals surface area contributed by atoms with Crippen LogP contribution in [0.15, 0.2) is 42.5 Å². The average molecular weight is 332 g/mol. The average Bonchev–Trinajstić information content (AvgIpc) is 2.55. The molecule has 2 aromatic carbocycles. The van der Waals surface area contributed by atoms with Gasteiger partial charge < -0.3 is 10.1 Å². The summed E-state index contributed by atoms with van der Waals surface area (Å²) in [7, 11) is 1.56. The lowest BCUT2D eigenvalue weighted by atomic mass is 10.1. The maximum atomic E-state index is 13.2. The van der Waals surface area contributed by atoms with Crippen LogP contribution in [0.5, 0.6) is 5.75 Å². The monoisotopic (exact) mass is 332 g/mol. The minimum Gasteiger partial charge on any atom is -0.497 e. The highest BCUT2D eigenvalue weighted by Crippen LogP contribution is 2.11. The first-order valence-corrected chi connectivity index (χ1v) is 7.38. The number of carbonyl (C=O) groups is 1.